The summed E-state index contributed by atoms with van der Waals surface area (Å²) >= 11 is 0. The predicted molar refractivity (Wildman–Crippen MR) is 43.4 cm³/mol. The summed E-state index contributed by atoms with van der Waals surface area (Å²) in [5, 5.41) is 18.7. The Bertz CT molecular complexity index is 179. The van der Waals surface area contributed by atoms with Gasteiger partial charge in [-0.2, -0.15) is 0 Å². The predicted octanol–water partition coefficient (Wildman–Crippen LogP) is 0.502. The standard InChI is InChI=1S/C9H16O3/c1-9(11)7-3-2-6(4-7)8(9)12-5-10/h6-8,10-11H,2-5H2,1H3. The van der Waals surface area contributed by atoms with Gasteiger partial charge in [-0.3, -0.25) is 0 Å². The highest BCUT2D eigenvalue weighted by molar-refractivity contribution is 5.05. The molecule has 3 nitrogen and oxygen atoms in total. The Labute approximate surface area is 72.3 Å². The van der Waals surface area contributed by atoms with Gasteiger partial charge in [0, 0.05) is 0 Å². The Hall–Kier alpha value is -0.120. The average Bonchev–Trinajstić information content (AvgIpc) is 2.53. The summed E-state index contributed by atoms with van der Waals surface area (Å²) < 4.78 is 5.16. The molecular formula is C9H16O3. The fourth-order valence-electron chi connectivity index (χ4n) is 2.92. The van der Waals surface area contributed by atoms with E-state index in [1.165, 1.54) is 0 Å². The van der Waals surface area contributed by atoms with Crippen LogP contribution in [0.4, 0.5) is 0 Å². The Morgan fingerprint density at radius 3 is 2.75 bits per heavy atom. The molecule has 2 aliphatic rings. The molecule has 2 N–H and O–H groups in total. The highest BCUT2D eigenvalue weighted by Gasteiger charge is 2.55. The molecule has 12 heavy (non-hydrogen) atoms. The van der Waals surface area contributed by atoms with Crippen LogP contribution in [0.25, 0.3) is 0 Å². The Morgan fingerprint density at radius 2 is 2.25 bits per heavy atom. The number of hydrogen-bond donors (Lipinski definition) is 2. The van der Waals surface area contributed by atoms with E-state index < -0.39 is 5.60 Å². The summed E-state index contributed by atoms with van der Waals surface area (Å²) in [6, 6.07) is 0. The van der Waals surface area contributed by atoms with Gasteiger partial charge >= 0.3 is 0 Å². The number of ether oxygens (including phenoxy) is 1. The maximum atomic E-state index is 10.0. The molecule has 2 rings (SSSR count). The SMILES string of the molecule is CC1(O)C2CCC(C2)C1OCO. The smallest absolute Gasteiger partial charge is 0.144 e. The number of hydrogen-bond acceptors (Lipinski definition) is 3. The van der Waals surface area contributed by atoms with E-state index in [0.717, 1.165) is 19.3 Å². The van der Waals surface area contributed by atoms with Crippen LogP contribution in [-0.2, 0) is 4.74 Å². The van der Waals surface area contributed by atoms with E-state index in [4.69, 9.17) is 9.84 Å². The van der Waals surface area contributed by atoms with Crippen LogP contribution in [0.2, 0.25) is 0 Å². The number of rotatable bonds is 2. The average molecular weight is 172 g/mol. The number of fused-ring (bicyclic) bond motifs is 2. The molecule has 0 aromatic rings. The van der Waals surface area contributed by atoms with Crippen LogP contribution in [0.3, 0.4) is 0 Å². The normalized spacial score (nSPS) is 51.8. The molecule has 0 saturated heterocycles. The molecule has 4 atom stereocenters. The van der Waals surface area contributed by atoms with Crippen molar-refractivity contribution in [3.63, 3.8) is 0 Å². The number of aliphatic hydroxyl groups is 2. The Balaban J connectivity index is 2.12. The van der Waals surface area contributed by atoms with Crippen molar-refractivity contribution in [1.29, 1.82) is 0 Å². The van der Waals surface area contributed by atoms with Crippen molar-refractivity contribution >= 4 is 0 Å². The summed E-state index contributed by atoms with van der Waals surface area (Å²) in [6.45, 7) is 1.56. The lowest BCUT2D eigenvalue weighted by Crippen LogP contribution is -2.46. The lowest BCUT2D eigenvalue weighted by molar-refractivity contribution is -0.160. The third-order valence-corrected chi connectivity index (χ3v) is 3.56. The maximum absolute atomic E-state index is 10.0. The molecule has 2 saturated carbocycles. The van der Waals surface area contributed by atoms with Crippen LogP contribution >= 0.6 is 0 Å². The van der Waals surface area contributed by atoms with Crippen molar-refractivity contribution in [1.82, 2.24) is 0 Å². The molecule has 2 aliphatic carbocycles. The third kappa shape index (κ3) is 1.00. The molecule has 0 radical (unpaired) electrons. The summed E-state index contributed by atoms with van der Waals surface area (Å²) in [7, 11) is 0. The Morgan fingerprint density at radius 1 is 1.50 bits per heavy atom. The van der Waals surface area contributed by atoms with Gasteiger partial charge in [0.1, 0.15) is 6.79 Å². The van der Waals surface area contributed by atoms with Crippen molar-refractivity contribution in [3.8, 4) is 0 Å². The largest absolute Gasteiger partial charge is 0.387 e. The fourth-order valence-corrected chi connectivity index (χ4v) is 2.92. The zero-order valence-electron chi connectivity index (χ0n) is 7.36. The van der Waals surface area contributed by atoms with Crippen LogP contribution in [-0.4, -0.2) is 28.7 Å². The third-order valence-electron chi connectivity index (χ3n) is 3.56. The van der Waals surface area contributed by atoms with Crippen molar-refractivity contribution < 1.29 is 14.9 Å². The van der Waals surface area contributed by atoms with E-state index in [1.807, 2.05) is 6.92 Å². The van der Waals surface area contributed by atoms with Crippen molar-refractivity contribution in [2.24, 2.45) is 11.8 Å². The fraction of sp³-hybridized carbons (Fsp3) is 1.00. The van der Waals surface area contributed by atoms with Crippen molar-refractivity contribution in [2.75, 3.05) is 6.79 Å². The molecule has 4 unspecified atom stereocenters. The van der Waals surface area contributed by atoms with Gasteiger partial charge in [-0.05, 0) is 38.0 Å². The molecule has 0 amide bonds. The second kappa shape index (κ2) is 2.69. The topological polar surface area (TPSA) is 49.7 Å². The maximum Gasteiger partial charge on any atom is 0.144 e. The molecule has 0 aliphatic heterocycles. The van der Waals surface area contributed by atoms with Crippen LogP contribution in [0.1, 0.15) is 26.2 Å². The van der Waals surface area contributed by atoms with Gasteiger partial charge in [0.15, 0.2) is 0 Å². The zero-order valence-corrected chi connectivity index (χ0v) is 7.36. The second-order valence-corrected chi connectivity index (χ2v) is 4.21. The highest BCUT2D eigenvalue weighted by atomic mass is 16.6. The molecule has 2 bridgehead atoms. The van der Waals surface area contributed by atoms with Gasteiger partial charge < -0.3 is 14.9 Å². The van der Waals surface area contributed by atoms with Gasteiger partial charge in [-0.25, -0.2) is 0 Å². The molecule has 3 heteroatoms. The van der Waals surface area contributed by atoms with Gasteiger partial charge in [0.05, 0.1) is 11.7 Å². The quantitative estimate of drug-likeness (QED) is 0.596. The first-order valence-electron chi connectivity index (χ1n) is 4.61. The second-order valence-electron chi connectivity index (χ2n) is 4.21. The minimum absolute atomic E-state index is 0.138. The molecular weight excluding hydrogens is 156 g/mol. The molecule has 0 aromatic heterocycles. The molecule has 70 valence electrons. The van der Waals surface area contributed by atoms with Crippen LogP contribution in [0.15, 0.2) is 0 Å². The summed E-state index contributed by atoms with van der Waals surface area (Å²) in [6.07, 6.45) is 3.19. The van der Waals surface area contributed by atoms with E-state index >= 15 is 0 Å². The van der Waals surface area contributed by atoms with Crippen LogP contribution in [0.5, 0.6) is 0 Å². The van der Waals surface area contributed by atoms with E-state index in [0.29, 0.717) is 11.8 Å². The highest BCUT2D eigenvalue weighted by Crippen LogP contribution is 2.51. The first-order valence-corrected chi connectivity index (χ1v) is 4.61. The minimum atomic E-state index is -0.703. The first-order chi connectivity index (χ1) is 5.66. The zero-order chi connectivity index (χ0) is 8.77. The number of aliphatic hydroxyl groups excluding tert-OH is 1. The Kier molecular flexibility index (Phi) is 1.90. The molecule has 2 fully saturated rings. The first kappa shape index (κ1) is 8.48. The van der Waals surface area contributed by atoms with Gasteiger partial charge in [0.25, 0.3) is 0 Å². The van der Waals surface area contributed by atoms with E-state index in [9.17, 15) is 5.11 Å². The van der Waals surface area contributed by atoms with E-state index in [-0.39, 0.29) is 12.9 Å². The molecule has 0 aromatic carbocycles. The molecule has 0 spiro atoms. The van der Waals surface area contributed by atoms with Crippen LogP contribution in [0, 0.1) is 11.8 Å². The molecule has 0 heterocycles. The lowest BCUT2D eigenvalue weighted by Gasteiger charge is -2.35. The van der Waals surface area contributed by atoms with E-state index in [1.54, 1.807) is 0 Å². The monoisotopic (exact) mass is 172 g/mol. The van der Waals surface area contributed by atoms with Gasteiger partial charge in [-0.15, -0.1) is 0 Å². The van der Waals surface area contributed by atoms with Gasteiger partial charge in [0.2, 0.25) is 0 Å². The van der Waals surface area contributed by atoms with Crippen molar-refractivity contribution in [2.45, 2.75) is 37.9 Å². The van der Waals surface area contributed by atoms with E-state index in [2.05, 4.69) is 0 Å². The summed E-state index contributed by atoms with van der Waals surface area (Å²) in [5.41, 5.74) is -0.703. The lowest BCUT2D eigenvalue weighted by atomic mass is 9.83. The summed E-state index contributed by atoms with van der Waals surface area (Å²) in [4.78, 5) is 0. The van der Waals surface area contributed by atoms with Gasteiger partial charge in [-0.1, -0.05) is 0 Å². The summed E-state index contributed by atoms with van der Waals surface area (Å²) in [5.74, 6) is 0.858. The minimum Gasteiger partial charge on any atom is -0.387 e. The van der Waals surface area contributed by atoms with Crippen molar-refractivity contribution in [3.05, 3.63) is 0 Å². The van der Waals surface area contributed by atoms with Crippen LogP contribution < -0.4 is 0 Å².